The van der Waals surface area contributed by atoms with Crippen LogP contribution in [0, 0.1) is 0 Å². The molecule has 0 rings (SSSR count). The van der Waals surface area contributed by atoms with Crippen LogP contribution in [0.2, 0.25) is 0 Å². The van der Waals surface area contributed by atoms with E-state index in [4.69, 9.17) is 14.2 Å². The molecule has 6 nitrogen and oxygen atoms in total. The molecule has 0 bridgehead atoms. The van der Waals surface area contributed by atoms with Gasteiger partial charge in [-0.05, 0) is 44.9 Å². The summed E-state index contributed by atoms with van der Waals surface area (Å²) in [5, 5.41) is 0. The Labute approximate surface area is 513 Å². The highest BCUT2D eigenvalue weighted by Crippen LogP contribution is 2.20. The van der Waals surface area contributed by atoms with E-state index in [1.54, 1.807) is 0 Å². The summed E-state index contributed by atoms with van der Waals surface area (Å²) < 4.78 is 17.0. The Hall–Kier alpha value is -1.85. The second-order valence-corrected chi connectivity index (χ2v) is 25.9. The summed E-state index contributed by atoms with van der Waals surface area (Å²) in [6.45, 7) is 6.73. The van der Waals surface area contributed by atoms with Crippen molar-refractivity contribution in [2.24, 2.45) is 0 Å². The third-order valence-electron chi connectivity index (χ3n) is 17.5. The highest BCUT2D eigenvalue weighted by molar-refractivity contribution is 5.71. The zero-order chi connectivity index (χ0) is 59.2. The number of ether oxygens (including phenoxy) is 3. The molecule has 1 unspecified atom stereocenters. The molecule has 0 heterocycles. The molecule has 0 aliphatic heterocycles. The second-order valence-electron chi connectivity index (χ2n) is 25.9. The van der Waals surface area contributed by atoms with Crippen LogP contribution in [0.25, 0.3) is 0 Å². The SMILES string of the molecule is CCCCCCCC/C=C\CCCCCCCC(=O)OCC(COC(=O)CCCCCCCCCCCCCCCCCCCCCCCCCCCCCC)OC(=O)CCCCCCCCCCCCCCCCCCCCCCC. The lowest BCUT2D eigenvalue weighted by Crippen LogP contribution is -2.30. The lowest BCUT2D eigenvalue weighted by atomic mass is 10.0. The van der Waals surface area contributed by atoms with Gasteiger partial charge < -0.3 is 14.2 Å². The summed E-state index contributed by atoms with van der Waals surface area (Å²) >= 11 is 0. The Morgan fingerprint density at radius 2 is 0.402 bits per heavy atom. The van der Waals surface area contributed by atoms with Gasteiger partial charge in [-0.25, -0.2) is 0 Å². The van der Waals surface area contributed by atoms with Crippen LogP contribution in [0.15, 0.2) is 12.2 Å². The van der Waals surface area contributed by atoms with Crippen LogP contribution in [0.5, 0.6) is 0 Å². The molecule has 0 spiro atoms. The van der Waals surface area contributed by atoms with Crippen molar-refractivity contribution in [3.05, 3.63) is 12.2 Å². The molecule has 0 N–H and O–H groups in total. The third-order valence-corrected chi connectivity index (χ3v) is 17.5. The molecule has 0 aromatic heterocycles. The number of hydrogen-bond donors (Lipinski definition) is 0. The quantitative estimate of drug-likeness (QED) is 0.0261. The van der Waals surface area contributed by atoms with Crippen molar-refractivity contribution in [3.63, 3.8) is 0 Å². The molecule has 6 heteroatoms. The van der Waals surface area contributed by atoms with E-state index in [2.05, 4.69) is 32.9 Å². The molecule has 82 heavy (non-hydrogen) atoms. The fourth-order valence-electron chi connectivity index (χ4n) is 11.9. The lowest BCUT2D eigenvalue weighted by molar-refractivity contribution is -0.167. The van der Waals surface area contributed by atoms with Crippen LogP contribution in [-0.4, -0.2) is 37.2 Å². The van der Waals surface area contributed by atoms with Crippen molar-refractivity contribution in [1.82, 2.24) is 0 Å². The number of rotatable bonds is 71. The largest absolute Gasteiger partial charge is 0.462 e. The predicted octanol–water partition coefficient (Wildman–Crippen LogP) is 26.0. The maximum atomic E-state index is 13.0. The Morgan fingerprint density at radius 1 is 0.232 bits per heavy atom. The number of carbonyl (C=O) groups excluding carboxylic acids is 3. The Balaban J connectivity index is 4.19. The summed E-state index contributed by atoms with van der Waals surface area (Å²) in [5.41, 5.74) is 0. The normalized spacial score (nSPS) is 12.0. The van der Waals surface area contributed by atoms with Gasteiger partial charge in [-0.15, -0.1) is 0 Å². The predicted molar refractivity (Wildman–Crippen MR) is 358 cm³/mol. The van der Waals surface area contributed by atoms with Crippen LogP contribution >= 0.6 is 0 Å². The molecule has 0 aliphatic rings. The molecule has 0 aromatic carbocycles. The minimum Gasteiger partial charge on any atom is -0.462 e. The third kappa shape index (κ3) is 68.9. The first kappa shape index (κ1) is 80.2. The molecule has 0 fully saturated rings. The molecular weight excluding hydrogens is 1010 g/mol. The van der Waals surface area contributed by atoms with Crippen LogP contribution < -0.4 is 0 Å². The summed E-state index contributed by atoms with van der Waals surface area (Å²) in [4.78, 5) is 38.5. The van der Waals surface area contributed by atoms with Crippen LogP contribution in [-0.2, 0) is 28.6 Å². The van der Waals surface area contributed by atoms with E-state index in [1.807, 2.05) is 0 Å². The fourth-order valence-corrected chi connectivity index (χ4v) is 11.9. The van der Waals surface area contributed by atoms with E-state index in [9.17, 15) is 14.4 Å². The van der Waals surface area contributed by atoms with Crippen molar-refractivity contribution in [2.45, 2.75) is 444 Å². The molecule has 0 saturated carbocycles. The second kappa shape index (κ2) is 71.6. The first-order chi connectivity index (χ1) is 40.5. The van der Waals surface area contributed by atoms with Gasteiger partial charge in [0.15, 0.2) is 6.10 Å². The van der Waals surface area contributed by atoms with Gasteiger partial charge in [-0.1, -0.05) is 386 Å². The number of unbranched alkanes of at least 4 members (excludes halogenated alkanes) is 58. The van der Waals surface area contributed by atoms with Crippen LogP contribution in [0.3, 0.4) is 0 Å². The van der Waals surface area contributed by atoms with E-state index in [0.717, 1.165) is 64.2 Å². The van der Waals surface area contributed by atoms with E-state index in [-0.39, 0.29) is 31.1 Å². The first-order valence-electron chi connectivity index (χ1n) is 37.7. The molecule has 486 valence electrons. The van der Waals surface area contributed by atoms with Gasteiger partial charge >= 0.3 is 17.9 Å². The first-order valence-corrected chi connectivity index (χ1v) is 37.7. The number of carbonyl (C=O) groups is 3. The van der Waals surface area contributed by atoms with Crippen molar-refractivity contribution >= 4 is 17.9 Å². The standard InChI is InChI=1S/C76H146O6/c1-4-7-10-13-16-19-22-25-28-30-32-34-35-36-37-38-39-40-42-43-45-48-51-54-57-60-63-66-69-75(78)81-72-73(71-80-74(77)68-65-62-59-56-53-50-47-27-24-21-18-15-12-9-6-3)82-76(79)70-67-64-61-58-55-52-49-46-44-41-33-31-29-26-23-20-17-14-11-8-5-2/h27,47,73H,4-26,28-46,48-72H2,1-3H3/b47-27-. The molecule has 1 atom stereocenters. The van der Waals surface area contributed by atoms with Crippen LogP contribution in [0.1, 0.15) is 438 Å². The summed E-state index contributed by atoms with van der Waals surface area (Å²) in [5.74, 6) is -0.835. The highest BCUT2D eigenvalue weighted by Gasteiger charge is 2.20. The van der Waals surface area contributed by atoms with Crippen molar-refractivity contribution < 1.29 is 28.6 Å². The molecule has 0 amide bonds. The van der Waals surface area contributed by atoms with Gasteiger partial charge in [0.1, 0.15) is 13.2 Å². The van der Waals surface area contributed by atoms with Crippen molar-refractivity contribution in [2.75, 3.05) is 13.2 Å². The number of allylic oxidation sites excluding steroid dienone is 2. The van der Waals surface area contributed by atoms with E-state index in [0.29, 0.717) is 19.3 Å². The van der Waals surface area contributed by atoms with E-state index in [1.165, 1.54) is 334 Å². The van der Waals surface area contributed by atoms with Gasteiger partial charge in [0.05, 0.1) is 0 Å². The molecule has 0 aliphatic carbocycles. The Bertz CT molecular complexity index is 1280. The van der Waals surface area contributed by atoms with Gasteiger partial charge in [0, 0.05) is 19.3 Å². The minimum atomic E-state index is -0.770. The van der Waals surface area contributed by atoms with Crippen LogP contribution in [0.4, 0.5) is 0 Å². The minimum absolute atomic E-state index is 0.0654. The maximum absolute atomic E-state index is 13.0. The molecule has 0 radical (unpaired) electrons. The Morgan fingerprint density at radius 3 is 0.610 bits per heavy atom. The summed E-state index contributed by atoms with van der Waals surface area (Å²) in [7, 11) is 0. The fraction of sp³-hybridized carbons (Fsp3) is 0.934. The average molecular weight is 1160 g/mol. The van der Waals surface area contributed by atoms with Gasteiger partial charge in [0.25, 0.3) is 0 Å². The van der Waals surface area contributed by atoms with Gasteiger partial charge in [0.2, 0.25) is 0 Å². The average Bonchev–Trinajstić information content (AvgIpc) is 3.47. The monoisotopic (exact) mass is 1160 g/mol. The Kier molecular flexibility index (Phi) is 70.0. The van der Waals surface area contributed by atoms with E-state index >= 15 is 0 Å². The summed E-state index contributed by atoms with van der Waals surface area (Å²) in [6.07, 6.45) is 86.9. The molecule has 0 saturated heterocycles. The summed E-state index contributed by atoms with van der Waals surface area (Å²) in [6, 6.07) is 0. The zero-order valence-electron chi connectivity index (χ0n) is 56.1. The highest BCUT2D eigenvalue weighted by atomic mass is 16.6. The molecular formula is C76H146O6. The van der Waals surface area contributed by atoms with Gasteiger partial charge in [-0.3, -0.25) is 14.4 Å². The lowest BCUT2D eigenvalue weighted by Gasteiger charge is -2.18. The van der Waals surface area contributed by atoms with E-state index < -0.39 is 6.10 Å². The topological polar surface area (TPSA) is 78.9 Å². The molecule has 0 aromatic rings. The maximum Gasteiger partial charge on any atom is 0.306 e. The smallest absolute Gasteiger partial charge is 0.306 e. The number of hydrogen-bond acceptors (Lipinski definition) is 6. The van der Waals surface area contributed by atoms with Crippen molar-refractivity contribution in [1.29, 1.82) is 0 Å². The zero-order valence-corrected chi connectivity index (χ0v) is 56.1. The van der Waals surface area contributed by atoms with Crippen molar-refractivity contribution in [3.8, 4) is 0 Å². The van der Waals surface area contributed by atoms with Gasteiger partial charge in [-0.2, -0.15) is 0 Å². The number of esters is 3.